The van der Waals surface area contributed by atoms with Crippen LogP contribution in [-0.2, 0) is 65.4 Å². The van der Waals surface area contributed by atoms with Crippen molar-refractivity contribution in [2.75, 3.05) is 39.6 Å². The molecule has 0 heterocycles. The van der Waals surface area contributed by atoms with Gasteiger partial charge in [0.15, 0.2) is 12.2 Å². The Kier molecular flexibility index (Phi) is 65.1. The summed E-state index contributed by atoms with van der Waals surface area (Å²) < 4.78 is 68.4. The molecule has 0 rings (SSSR count). The van der Waals surface area contributed by atoms with Crippen LogP contribution < -0.4 is 0 Å². The van der Waals surface area contributed by atoms with Gasteiger partial charge in [-0.25, -0.2) is 9.13 Å². The predicted molar refractivity (Wildman–Crippen MR) is 381 cm³/mol. The summed E-state index contributed by atoms with van der Waals surface area (Å²) in [4.78, 5) is 72.7. The molecule has 0 saturated carbocycles. The number of hydrogen-bond acceptors (Lipinski definition) is 15. The normalized spacial score (nSPS) is 14.6. The SMILES string of the molecule is CCCCCC/C=C\C=C/CCCCCCCC(=O)OC[C@H](COP(=O)(O)OC[C@@H](O)COP(=O)(O)OC[C@@H](COC(=O)CCCCCCCCCCCCCC)OC(=O)CCCCCCCCCCC(C)CC)OC(=O)CCCCCCC/C=C\C=C/CCCCCC. The molecule has 94 heavy (non-hydrogen) atoms. The Hall–Kier alpha value is -2.98. The van der Waals surface area contributed by atoms with Crippen LogP contribution in [-0.4, -0.2) is 96.7 Å². The summed E-state index contributed by atoms with van der Waals surface area (Å²) >= 11 is 0. The van der Waals surface area contributed by atoms with E-state index in [0.29, 0.717) is 25.7 Å². The Morgan fingerprint density at radius 1 is 0.340 bits per heavy atom. The minimum atomic E-state index is -4.97. The van der Waals surface area contributed by atoms with Gasteiger partial charge in [-0.15, -0.1) is 0 Å². The van der Waals surface area contributed by atoms with Crippen molar-refractivity contribution in [1.82, 2.24) is 0 Å². The average Bonchev–Trinajstić information content (AvgIpc) is 1.27. The van der Waals surface area contributed by atoms with E-state index in [0.717, 1.165) is 128 Å². The van der Waals surface area contributed by atoms with Crippen LogP contribution in [0, 0.1) is 5.92 Å². The molecule has 0 aromatic rings. The Labute approximate surface area is 572 Å². The van der Waals surface area contributed by atoms with Crippen molar-refractivity contribution in [3.8, 4) is 0 Å². The van der Waals surface area contributed by atoms with Gasteiger partial charge in [0.2, 0.25) is 0 Å². The molecular weight excluding hydrogens is 1230 g/mol. The quantitative estimate of drug-likeness (QED) is 0.0169. The van der Waals surface area contributed by atoms with E-state index in [-0.39, 0.29) is 25.7 Å². The smallest absolute Gasteiger partial charge is 0.462 e. The second kappa shape index (κ2) is 67.2. The molecule has 0 aliphatic heterocycles. The zero-order valence-electron chi connectivity index (χ0n) is 60.1. The number of rotatable bonds is 71. The number of hydrogen-bond donors (Lipinski definition) is 3. The minimum Gasteiger partial charge on any atom is -0.462 e. The summed E-state index contributed by atoms with van der Waals surface area (Å²) in [6.07, 6.45) is 61.1. The fourth-order valence-electron chi connectivity index (χ4n) is 10.4. The lowest BCUT2D eigenvalue weighted by Crippen LogP contribution is -2.30. The number of aliphatic hydroxyl groups excluding tert-OH is 1. The van der Waals surface area contributed by atoms with Crippen molar-refractivity contribution in [2.24, 2.45) is 5.92 Å². The molecule has 19 heteroatoms. The first-order valence-electron chi connectivity index (χ1n) is 37.8. The first kappa shape index (κ1) is 91.0. The number of esters is 4. The standard InChI is InChI=1S/C75H138O17P2/c1-6-10-13-16-19-22-25-28-30-32-35-38-44-49-54-59-73(78)85-64-70(91-74(79)60-55-50-45-39-36-33-31-29-26-23-20-17-14-11-7-2)66-89-93(81,82)87-62-69(76)63-88-94(83,84)90-67-71(92-75(80)61-56-51-46-41-40-42-47-52-57-68(5)9-4)65-86-72(77)58-53-48-43-37-34-27-24-21-18-15-12-8-3/h22-23,25-26,28-31,68-71,76H,6-21,24,27,32-67H2,1-5H3,(H,81,82)(H,83,84)/b25-22-,26-23-,30-28-,31-29-/t68?,69-,70-,71-/m1/s1. The second-order valence-electron chi connectivity index (χ2n) is 25.9. The maximum absolute atomic E-state index is 13.1. The van der Waals surface area contributed by atoms with Crippen molar-refractivity contribution in [2.45, 2.75) is 361 Å². The van der Waals surface area contributed by atoms with Crippen LogP contribution in [0.4, 0.5) is 0 Å². The zero-order valence-corrected chi connectivity index (χ0v) is 61.9. The highest BCUT2D eigenvalue weighted by Gasteiger charge is 2.30. The predicted octanol–water partition coefficient (Wildman–Crippen LogP) is 21.2. The van der Waals surface area contributed by atoms with E-state index in [1.54, 1.807) is 0 Å². The Morgan fingerprint density at radius 3 is 0.904 bits per heavy atom. The van der Waals surface area contributed by atoms with Gasteiger partial charge >= 0.3 is 39.5 Å². The summed E-state index contributed by atoms with van der Waals surface area (Å²) in [5.74, 6) is -1.41. The van der Waals surface area contributed by atoms with Crippen molar-refractivity contribution in [3.63, 3.8) is 0 Å². The van der Waals surface area contributed by atoms with Gasteiger partial charge in [0.25, 0.3) is 0 Å². The summed E-state index contributed by atoms with van der Waals surface area (Å²) in [6, 6.07) is 0. The number of allylic oxidation sites excluding steroid dienone is 8. The average molecular weight is 1370 g/mol. The lowest BCUT2D eigenvalue weighted by Gasteiger charge is -2.21. The largest absolute Gasteiger partial charge is 0.472 e. The fraction of sp³-hybridized carbons (Fsp3) is 0.840. The van der Waals surface area contributed by atoms with Crippen LogP contribution in [0.1, 0.15) is 343 Å². The molecular formula is C75H138O17P2. The maximum atomic E-state index is 13.1. The number of unbranched alkanes of at least 4 members (excludes halogenated alkanes) is 36. The van der Waals surface area contributed by atoms with Gasteiger partial charge in [-0.3, -0.25) is 37.3 Å². The van der Waals surface area contributed by atoms with E-state index in [1.807, 2.05) is 0 Å². The lowest BCUT2D eigenvalue weighted by atomic mass is 9.99. The molecule has 0 spiro atoms. The molecule has 0 aromatic carbocycles. The molecule has 0 saturated heterocycles. The van der Waals surface area contributed by atoms with E-state index >= 15 is 0 Å². The molecule has 0 amide bonds. The third kappa shape index (κ3) is 66.3. The van der Waals surface area contributed by atoms with E-state index < -0.39 is 97.5 Å². The molecule has 550 valence electrons. The Morgan fingerprint density at radius 2 is 0.596 bits per heavy atom. The van der Waals surface area contributed by atoms with E-state index in [2.05, 4.69) is 83.2 Å². The molecule has 17 nitrogen and oxygen atoms in total. The summed E-state index contributed by atoms with van der Waals surface area (Å²) in [5.41, 5.74) is 0. The van der Waals surface area contributed by atoms with Crippen molar-refractivity contribution < 1.29 is 80.2 Å². The Bertz CT molecular complexity index is 2000. The van der Waals surface area contributed by atoms with Crippen molar-refractivity contribution >= 4 is 39.5 Å². The van der Waals surface area contributed by atoms with Gasteiger partial charge in [-0.2, -0.15) is 0 Å². The molecule has 3 N–H and O–H groups in total. The van der Waals surface area contributed by atoms with Gasteiger partial charge in [0.1, 0.15) is 19.3 Å². The van der Waals surface area contributed by atoms with Gasteiger partial charge in [-0.1, -0.05) is 289 Å². The highest BCUT2D eigenvalue weighted by atomic mass is 31.2. The van der Waals surface area contributed by atoms with Crippen LogP contribution >= 0.6 is 15.6 Å². The van der Waals surface area contributed by atoms with Gasteiger partial charge < -0.3 is 33.8 Å². The number of carbonyl (C=O) groups excluding carboxylic acids is 4. The number of phosphoric ester groups is 2. The number of aliphatic hydroxyl groups is 1. The summed E-state index contributed by atoms with van der Waals surface area (Å²) in [5, 5.41) is 10.6. The van der Waals surface area contributed by atoms with E-state index in [9.17, 15) is 43.2 Å². The highest BCUT2D eigenvalue weighted by Crippen LogP contribution is 2.45. The summed E-state index contributed by atoms with van der Waals surface area (Å²) in [6.45, 7) is 7.14. The summed E-state index contributed by atoms with van der Waals surface area (Å²) in [7, 11) is -9.93. The first-order chi connectivity index (χ1) is 45.6. The third-order valence-corrected chi connectivity index (χ3v) is 18.5. The maximum Gasteiger partial charge on any atom is 0.472 e. The zero-order chi connectivity index (χ0) is 69.1. The van der Waals surface area contributed by atoms with Gasteiger partial charge in [-0.05, 0) is 83.0 Å². The number of phosphoric acid groups is 2. The minimum absolute atomic E-state index is 0.0782. The van der Waals surface area contributed by atoms with E-state index in [1.165, 1.54) is 135 Å². The Balaban J connectivity index is 5.34. The van der Waals surface area contributed by atoms with Crippen molar-refractivity contribution in [3.05, 3.63) is 48.6 Å². The van der Waals surface area contributed by atoms with Crippen LogP contribution in [0.25, 0.3) is 0 Å². The highest BCUT2D eigenvalue weighted by molar-refractivity contribution is 7.47. The number of ether oxygens (including phenoxy) is 4. The molecule has 0 aliphatic rings. The molecule has 0 aliphatic carbocycles. The lowest BCUT2D eigenvalue weighted by molar-refractivity contribution is -0.161. The molecule has 0 radical (unpaired) electrons. The molecule has 6 atom stereocenters. The second-order valence-corrected chi connectivity index (χ2v) is 28.8. The van der Waals surface area contributed by atoms with Crippen LogP contribution in [0.15, 0.2) is 48.6 Å². The molecule has 0 bridgehead atoms. The van der Waals surface area contributed by atoms with Crippen LogP contribution in [0.5, 0.6) is 0 Å². The number of carbonyl (C=O) groups is 4. The first-order valence-corrected chi connectivity index (χ1v) is 40.8. The molecule has 0 aromatic heterocycles. The van der Waals surface area contributed by atoms with Gasteiger partial charge in [0.05, 0.1) is 26.4 Å². The third-order valence-electron chi connectivity index (χ3n) is 16.6. The molecule has 0 fully saturated rings. The fourth-order valence-corrected chi connectivity index (χ4v) is 12.0. The molecule has 3 unspecified atom stereocenters. The van der Waals surface area contributed by atoms with Gasteiger partial charge in [0, 0.05) is 25.7 Å². The monoisotopic (exact) mass is 1370 g/mol. The van der Waals surface area contributed by atoms with E-state index in [4.69, 9.17) is 37.0 Å². The van der Waals surface area contributed by atoms with Crippen LogP contribution in [0.2, 0.25) is 0 Å². The van der Waals surface area contributed by atoms with Crippen molar-refractivity contribution in [1.29, 1.82) is 0 Å². The van der Waals surface area contributed by atoms with Crippen LogP contribution in [0.3, 0.4) is 0 Å². The topological polar surface area (TPSA) is 237 Å².